The van der Waals surface area contributed by atoms with E-state index in [-0.39, 0.29) is 35.1 Å². The molecule has 0 unspecified atom stereocenters. The lowest BCUT2D eigenvalue weighted by Gasteiger charge is -2.21. The predicted molar refractivity (Wildman–Crippen MR) is 123 cm³/mol. The van der Waals surface area contributed by atoms with Crippen LogP contribution in [0, 0.1) is 0 Å². The van der Waals surface area contributed by atoms with E-state index in [0.717, 1.165) is 23.9 Å². The molecule has 0 radical (unpaired) electrons. The third-order valence-corrected chi connectivity index (χ3v) is 7.81. The SMILES string of the molecule is CN=C(NCCS(=O)(=O)C(C)(C)C)NCC1(c2cccc(Br)c2)CC1.I. The van der Waals surface area contributed by atoms with Crippen molar-refractivity contribution in [3.05, 3.63) is 34.3 Å². The molecule has 0 aromatic heterocycles. The maximum Gasteiger partial charge on any atom is 0.191 e. The van der Waals surface area contributed by atoms with Gasteiger partial charge in [-0.3, -0.25) is 4.99 Å². The van der Waals surface area contributed by atoms with Crippen LogP contribution in [0.2, 0.25) is 0 Å². The highest BCUT2D eigenvalue weighted by Crippen LogP contribution is 2.48. The van der Waals surface area contributed by atoms with E-state index in [1.807, 2.05) is 6.07 Å². The highest BCUT2D eigenvalue weighted by atomic mass is 127. The van der Waals surface area contributed by atoms with E-state index in [0.29, 0.717) is 12.5 Å². The molecular formula is C18H29BrIN3O2S. The van der Waals surface area contributed by atoms with E-state index in [1.54, 1.807) is 27.8 Å². The summed E-state index contributed by atoms with van der Waals surface area (Å²) < 4.78 is 24.7. The lowest BCUT2D eigenvalue weighted by molar-refractivity contribution is 0.558. The first-order valence-electron chi connectivity index (χ1n) is 8.53. The first-order valence-corrected chi connectivity index (χ1v) is 11.0. The van der Waals surface area contributed by atoms with Crippen LogP contribution in [-0.4, -0.2) is 45.0 Å². The average molecular weight is 558 g/mol. The monoisotopic (exact) mass is 557 g/mol. The van der Waals surface area contributed by atoms with Crippen molar-refractivity contribution in [2.24, 2.45) is 4.99 Å². The van der Waals surface area contributed by atoms with Gasteiger partial charge in [-0.1, -0.05) is 28.1 Å². The number of halogens is 2. The van der Waals surface area contributed by atoms with Crippen molar-refractivity contribution in [1.29, 1.82) is 0 Å². The Balaban J connectivity index is 0.00000338. The summed E-state index contributed by atoms with van der Waals surface area (Å²) in [6.45, 7) is 6.32. The summed E-state index contributed by atoms with van der Waals surface area (Å²) >= 11 is 3.53. The van der Waals surface area contributed by atoms with Gasteiger partial charge in [0.1, 0.15) is 0 Å². The molecule has 148 valence electrons. The predicted octanol–water partition coefficient (Wildman–Crippen LogP) is 3.48. The van der Waals surface area contributed by atoms with Crippen LogP contribution in [0.1, 0.15) is 39.2 Å². The number of rotatable bonds is 6. The van der Waals surface area contributed by atoms with Crippen LogP contribution >= 0.6 is 39.9 Å². The van der Waals surface area contributed by atoms with E-state index in [9.17, 15) is 8.42 Å². The summed E-state index contributed by atoms with van der Waals surface area (Å²) in [5, 5.41) is 6.46. The van der Waals surface area contributed by atoms with Crippen molar-refractivity contribution in [1.82, 2.24) is 10.6 Å². The molecule has 2 N–H and O–H groups in total. The zero-order valence-corrected chi connectivity index (χ0v) is 20.5. The molecule has 1 aromatic rings. The molecule has 5 nitrogen and oxygen atoms in total. The highest BCUT2D eigenvalue weighted by molar-refractivity contribution is 14.0. The molecule has 8 heteroatoms. The van der Waals surface area contributed by atoms with Gasteiger partial charge in [0.15, 0.2) is 15.8 Å². The molecule has 1 aliphatic rings. The van der Waals surface area contributed by atoms with Crippen LogP contribution in [0.5, 0.6) is 0 Å². The quantitative estimate of drug-likeness (QED) is 0.319. The Labute approximate surface area is 182 Å². The molecule has 1 aromatic carbocycles. The topological polar surface area (TPSA) is 70.6 Å². The van der Waals surface area contributed by atoms with Gasteiger partial charge in [-0.25, -0.2) is 8.42 Å². The summed E-state index contributed by atoms with van der Waals surface area (Å²) in [6.07, 6.45) is 2.29. The number of sulfone groups is 1. The number of aliphatic imine (C=N–C) groups is 1. The minimum absolute atomic E-state index is 0. The molecule has 1 saturated carbocycles. The van der Waals surface area contributed by atoms with Gasteiger partial charge in [0.05, 0.1) is 10.5 Å². The third kappa shape index (κ3) is 6.09. The maximum absolute atomic E-state index is 12.2. The van der Waals surface area contributed by atoms with Gasteiger partial charge < -0.3 is 10.6 Å². The maximum atomic E-state index is 12.2. The van der Waals surface area contributed by atoms with Crippen molar-refractivity contribution in [3.63, 3.8) is 0 Å². The lowest BCUT2D eigenvalue weighted by atomic mass is 9.96. The van der Waals surface area contributed by atoms with E-state index >= 15 is 0 Å². The molecule has 0 amide bonds. The Morgan fingerprint density at radius 2 is 1.92 bits per heavy atom. The molecule has 0 atom stereocenters. The van der Waals surface area contributed by atoms with Gasteiger partial charge in [-0.05, 0) is 51.3 Å². The summed E-state index contributed by atoms with van der Waals surface area (Å²) in [5.74, 6) is 0.735. The zero-order chi connectivity index (χ0) is 18.7. The van der Waals surface area contributed by atoms with Gasteiger partial charge in [0.25, 0.3) is 0 Å². The molecule has 0 bridgehead atoms. The van der Waals surface area contributed by atoms with E-state index in [1.165, 1.54) is 5.56 Å². The first-order chi connectivity index (χ1) is 11.6. The molecule has 26 heavy (non-hydrogen) atoms. The number of nitrogens with zero attached hydrogens (tertiary/aromatic N) is 1. The molecule has 1 aliphatic carbocycles. The van der Waals surface area contributed by atoms with Crippen LogP contribution in [0.4, 0.5) is 0 Å². The second-order valence-electron chi connectivity index (χ2n) is 7.57. The number of guanidine groups is 1. The van der Waals surface area contributed by atoms with Crippen LogP contribution in [0.25, 0.3) is 0 Å². The Bertz CT molecular complexity index is 741. The lowest BCUT2D eigenvalue weighted by Crippen LogP contribution is -2.44. The standard InChI is InChI=1S/C18H28BrN3O2S.HI/c1-17(2,3)25(23,24)11-10-21-16(20-4)22-13-18(8-9-18)14-6-5-7-15(19)12-14;/h5-7,12H,8-11,13H2,1-4H3,(H2,20,21,22);1H. The van der Waals surface area contributed by atoms with Crippen molar-refractivity contribution in [3.8, 4) is 0 Å². The largest absolute Gasteiger partial charge is 0.356 e. The van der Waals surface area contributed by atoms with Crippen LogP contribution < -0.4 is 10.6 Å². The van der Waals surface area contributed by atoms with Crippen LogP contribution in [-0.2, 0) is 15.3 Å². The Hall–Kier alpha value is -0.350. The van der Waals surface area contributed by atoms with Gasteiger partial charge in [0.2, 0.25) is 0 Å². The fraction of sp³-hybridized carbons (Fsp3) is 0.611. The van der Waals surface area contributed by atoms with E-state index < -0.39 is 14.6 Å². The molecular weight excluding hydrogens is 529 g/mol. The van der Waals surface area contributed by atoms with Crippen LogP contribution in [0.15, 0.2) is 33.7 Å². The van der Waals surface area contributed by atoms with Gasteiger partial charge in [-0.15, -0.1) is 24.0 Å². The molecule has 0 spiro atoms. The third-order valence-electron chi connectivity index (χ3n) is 4.70. The van der Waals surface area contributed by atoms with Gasteiger partial charge in [0, 0.05) is 30.0 Å². The van der Waals surface area contributed by atoms with Crippen molar-refractivity contribution in [2.45, 2.75) is 43.8 Å². The smallest absolute Gasteiger partial charge is 0.191 e. The summed E-state index contributed by atoms with van der Waals surface area (Å²) in [4.78, 5) is 4.20. The minimum atomic E-state index is -3.13. The summed E-state index contributed by atoms with van der Waals surface area (Å²) in [7, 11) is -1.43. The Morgan fingerprint density at radius 3 is 2.42 bits per heavy atom. The minimum Gasteiger partial charge on any atom is -0.356 e. The van der Waals surface area contributed by atoms with Crippen molar-refractivity contribution < 1.29 is 8.42 Å². The molecule has 0 saturated heterocycles. The fourth-order valence-corrected chi connectivity index (χ4v) is 4.00. The van der Waals surface area contributed by atoms with E-state index in [4.69, 9.17) is 0 Å². The highest BCUT2D eigenvalue weighted by Gasteiger charge is 2.44. The van der Waals surface area contributed by atoms with Gasteiger partial charge >= 0.3 is 0 Å². The molecule has 2 rings (SSSR count). The second kappa shape index (κ2) is 9.23. The molecule has 0 aliphatic heterocycles. The number of hydrogen-bond donors (Lipinski definition) is 2. The van der Waals surface area contributed by atoms with Crippen molar-refractivity contribution >= 4 is 55.7 Å². The normalized spacial score (nSPS) is 16.6. The number of nitrogens with one attached hydrogen (secondary N) is 2. The average Bonchev–Trinajstić information content (AvgIpc) is 3.30. The van der Waals surface area contributed by atoms with E-state index in [2.05, 4.69) is 49.8 Å². The van der Waals surface area contributed by atoms with Gasteiger partial charge in [-0.2, -0.15) is 0 Å². The second-order valence-corrected chi connectivity index (χ2v) is 11.4. The summed E-state index contributed by atoms with van der Waals surface area (Å²) in [5.41, 5.74) is 1.47. The Morgan fingerprint density at radius 1 is 1.27 bits per heavy atom. The number of hydrogen-bond acceptors (Lipinski definition) is 3. The van der Waals surface area contributed by atoms with Crippen LogP contribution in [0.3, 0.4) is 0 Å². The molecule has 1 fully saturated rings. The summed E-state index contributed by atoms with van der Waals surface area (Å²) in [6, 6.07) is 8.42. The Kier molecular flexibility index (Phi) is 8.41. The van der Waals surface area contributed by atoms with Crippen molar-refractivity contribution in [2.75, 3.05) is 25.9 Å². The number of benzene rings is 1. The first kappa shape index (κ1) is 23.7. The molecule has 0 heterocycles. The fourth-order valence-electron chi connectivity index (χ4n) is 2.62. The zero-order valence-electron chi connectivity index (χ0n) is 15.8.